The molecule has 0 aliphatic rings. The van der Waals surface area contributed by atoms with E-state index in [9.17, 15) is 18.3 Å². The Morgan fingerprint density at radius 2 is 1.87 bits per heavy atom. The van der Waals surface area contributed by atoms with E-state index in [0.29, 0.717) is 0 Å². The van der Waals surface area contributed by atoms with Crippen molar-refractivity contribution < 1.29 is 18.3 Å². The molecule has 0 radical (unpaired) electrons. The zero-order valence-corrected chi connectivity index (χ0v) is 8.83. The first kappa shape index (κ1) is 14.3. The van der Waals surface area contributed by atoms with E-state index in [0.717, 1.165) is 6.07 Å². The van der Waals surface area contributed by atoms with Crippen LogP contribution in [0.5, 0.6) is 5.75 Å². The largest absolute Gasteiger partial charge is 0.506 e. The molecule has 0 saturated heterocycles. The van der Waals surface area contributed by atoms with Gasteiger partial charge in [0, 0.05) is 5.56 Å². The molecule has 0 aromatic heterocycles. The minimum atomic E-state index is -4.60. The van der Waals surface area contributed by atoms with E-state index in [-0.39, 0.29) is 17.4 Å². The summed E-state index contributed by atoms with van der Waals surface area (Å²) in [5.74, 6) is -0.626. The molecule has 0 heterocycles. The van der Waals surface area contributed by atoms with E-state index in [4.69, 9.17) is 17.3 Å². The summed E-state index contributed by atoms with van der Waals surface area (Å²) < 4.78 is 36.5. The zero-order chi connectivity index (χ0) is 10.9. The topological polar surface area (TPSA) is 46.2 Å². The average Bonchev–Trinajstić information content (AvgIpc) is 2.07. The Kier molecular flexibility index (Phi) is 4.70. The van der Waals surface area contributed by atoms with E-state index < -0.39 is 23.5 Å². The summed E-state index contributed by atoms with van der Waals surface area (Å²) >= 11 is 5.44. The van der Waals surface area contributed by atoms with Gasteiger partial charge in [0.25, 0.3) is 0 Å². The third-order valence-corrected chi connectivity index (χ3v) is 2.01. The highest BCUT2D eigenvalue weighted by Gasteiger charge is 2.39. The van der Waals surface area contributed by atoms with Gasteiger partial charge in [-0.25, -0.2) is 0 Å². The van der Waals surface area contributed by atoms with Crippen molar-refractivity contribution in [3.8, 4) is 5.75 Å². The number of hydrogen-bond donors (Lipinski definition) is 2. The Balaban J connectivity index is 0.00000196. The highest BCUT2D eigenvalue weighted by Crippen LogP contribution is 2.37. The SMILES string of the molecule is Cl.N[C@@H](c1cccc(Cl)c1O)C(F)(F)F. The molecule has 0 aliphatic heterocycles. The lowest BCUT2D eigenvalue weighted by molar-refractivity contribution is -0.149. The van der Waals surface area contributed by atoms with Crippen LogP contribution in [0.4, 0.5) is 13.2 Å². The van der Waals surface area contributed by atoms with Crippen LogP contribution in [0.3, 0.4) is 0 Å². The summed E-state index contributed by atoms with van der Waals surface area (Å²) in [7, 11) is 0. The minimum absolute atomic E-state index is 0. The van der Waals surface area contributed by atoms with Gasteiger partial charge in [-0.05, 0) is 6.07 Å². The summed E-state index contributed by atoms with van der Waals surface area (Å²) in [4.78, 5) is 0. The smallest absolute Gasteiger partial charge is 0.407 e. The minimum Gasteiger partial charge on any atom is -0.506 e. The number of hydrogen-bond acceptors (Lipinski definition) is 2. The van der Waals surface area contributed by atoms with Crippen molar-refractivity contribution in [1.29, 1.82) is 0 Å². The molecule has 3 N–H and O–H groups in total. The molecule has 0 amide bonds. The summed E-state index contributed by atoms with van der Waals surface area (Å²) in [5, 5.41) is 9.07. The van der Waals surface area contributed by atoms with E-state index in [1.165, 1.54) is 12.1 Å². The maximum atomic E-state index is 12.2. The third-order valence-electron chi connectivity index (χ3n) is 1.71. The maximum Gasteiger partial charge on any atom is 0.407 e. The van der Waals surface area contributed by atoms with Crippen molar-refractivity contribution in [2.24, 2.45) is 5.73 Å². The van der Waals surface area contributed by atoms with Gasteiger partial charge in [0.15, 0.2) is 0 Å². The quantitative estimate of drug-likeness (QED) is 0.817. The summed E-state index contributed by atoms with van der Waals surface area (Å²) in [5.41, 5.74) is 4.47. The second-order valence-electron chi connectivity index (χ2n) is 2.70. The van der Waals surface area contributed by atoms with Gasteiger partial charge in [0.05, 0.1) is 5.02 Å². The molecule has 1 aromatic carbocycles. The van der Waals surface area contributed by atoms with Crippen molar-refractivity contribution in [3.63, 3.8) is 0 Å². The molecular formula is C8H8Cl2F3NO. The second kappa shape index (κ2) is 4.92. The zero-order valence-electron chi connectivity index (χ0n) is 7.25. The molecule has 0 saturated carbocycles. The van der Waals surface area contributed by atoms with E-state index in [1.807, 2.05) is 0 Å². The van der Waals surface area contributed by atoms with Crippen molar-refractivity contribution in [2.75, 3.05) is 0 Å². The maximum absolute atomic E-state index is 12.2. The molecule has 0 fully saturated rings. The number of aromatic hydroxyl groups is 1. The molecule has 1 aromatic rings. The highest BCUT2D eigenvalue weighted by atomic mass is 35.5. The lowest BCUT2D eigenvalue weighted by Gasteiger charge is -2.17. The van der Waals surface area contributed by atoms with Crippen LogP contribution in [0.25, 0.3) is 0 Å². The van der Waals surface area contributed by atoms with Crippen molar-refractivity contribution in [1.82, 2.24) is 0 Å². The van der Waals surface area contributed by atoms with Crippen LogP contribution >= 0.6 is 24.0 Å². The van der Waals surface area contributed by atoms with Gasteiger partial charge >= 0.3 is 6.18 Å². The van der Waals surface area contributed by atoms with Crippen LogP contribution in [-0.4, -0.2) is 11.3 Å². The fourth-order valence-corrected chi connectivity index (χ4v) is 1.14. The van der Waals surface area contributed by atoms with Gasteiger partial charge in [0.2, 0.25) is 0 Å². The highest BCUT2D eigenvalue weighted by molar-refractivity contribution is 6.32. The Bertz CT molecular complexity index is 343. The van der Waals surface area contributed by atoms with Crippen LogP contribution in [-0.2, 0) is 0 Å². The molecule has 7 heteroatoms. The van der Waals surface area contributed by atoms with Gasteiger partial charge in [0.1, 0.15) is 11.8 Å². The van der Waals surface area contributed by atoms with Gasteiger partial charge in [-0.1, -0.05) is 23.7 Å². The Labute approximate surface area is 95.2 Å². The molecule has 0 spiro atoms. The Morgan fingerprint density at radius 1 is 1.33 bits per heavy atom. The predicted molar refractivity (Wildman–Crippen MR) is 53.3 cm³/mol. The molecule has 0 aliphatic carbocycles. The molecule has 1 atom stereocenters. The van der Waals surface area contributed by atoms with Crippen LogP contribution in [0.2, 0.25) is 5.02 Å². The van der Waals surface area contributed by atoms with E-state index in [1.54, 1.807) is 0 Å². The van der Waals surface area contributed by atoms with Crippen LogP contribution in [0.1, 0.15) is 11.6 Å². The van der Waals surface area contributed by atoms with Crippen LogP contribution < -0.4 is 5.73 Å². The predicted octanol–water partition coefficient (Wildman–Crippen LogP) is 3.03. The van der Waals surface area contributed by atoms with Gasteiger partial charge < -0.3 is 10.8 Å². The molecule has 15 heavy (non-hydrogen) atoms. The first-order valence-electron chi connectivity index (χ1n) is 3.63. The summed E-state index contributed by atoms with van der Waals surface area (Å²) in [6.45, 7) is 0. The second-order valence-corrected chi connectivity index (χ2v) is 3.10. The van der Waals surface area contributed by atoms with Crippen LogP contribution in [0.15, 0.2) is 18.2 Å². The fraction of sp³-hybridized carbons (Fsp3) is 0.250. The number of alkyl halides is 3. The van der Waals surface area contributed by atoms with Gasteiger partial charge in [-0.15, -0.1) is 12.4 Å². The molecule has 1 rings (SSSR count). The first-order chi connectivity index (χ1) is 6.34. The van der Waals surface area contributed by atoms with Crippen molar-refractivity contribution in [2.45, 2.75) is 12.2 Å². The number of para-hydroxylation sites is 1. The molecular weight excluding hydrogens is 254 g/mol. The first-order valence-corrected chi connectivity index (χ1v) is 4.01. The third kappa shape index (κ3) is 3.15. The monoisotopic (exact) mass is 261 g/mol. The Morgan fingerprint density at radius 3 is 2.33 bits per heavy atom. The lowest BCUT2D eigenvalue weighted by atomic mass is 10.1. The Hall–Kier alpha value is -0.650. The number of halogens is 5. The van der Waals surface area contributed by atoms with Crippen molar-refractivity contribution >= 4 is 24.0 Å². The number of benzene rings is 1. The van der Waals surface area contributed by atoms with E-state index >= 15 is 0 Å². The lowest BCUT2D eigenvalue weighted by Crippen LogP contribution is -2.28. The number of nitrogens with two attached hydrogens (primary N) is 1. The van der Waals surface area contributed by atoms with E-state index in [2.05, 4.69) is 0 Å². The van der Waals surface area contributed by atoms with Gasteiger partial charge in [-0.2, -0.15) is 13.2 Å². The number of rotatable bonds is 1. The number of phenols is 1. The summed E-state index contributed by atoms with van der Waals surface area (Å²) in [6, 6.07) is 1.44. The molecule has 0 bridgehead atoms. The number of phenolic OH excluding ortho intramolecular Hbond substituents is 1. The molecule has 2 nitrogen and oxygen atoms in total. The van der Waals surface area contributed by atoms with Gasteiger partial charge in [-0.3, -0.25) is 0 Å². The van der Waals surface area contributed by atoms with Crippen molar-refractivity contribution in [3.05, 3.63) is 28.8 Å². The summed E-state index contributed by atoms with van der Waals surface area (Å²) in [6.07, 6.45) is -4.60. The van der Waals surface area contributed by atoms with Crippen LogP contribution in [0, 0.1) is 0 Å². The standard InChI is InChI=1S/C8H7ClF3NO.ClH/c9-5-3-1-2-4(6(5)14)7(13)8(10,11)12;/h1-3,7,14H,13H2;1H/t7-;/m0./s1. The normalized spacial score (nSPS) is 13.1. The molecule has 86 valence electrons. The molecule has 0 unspecified atom stereocenters. The fourth-order valence-electron chi connectivity index (χ4n) is 0.959. The average molecular weight is 262 g/mol.